The summed E-state index contributed by atoms with van der Waals surface area (Å²) in [6, 6.07) is 13.5. The van der Waals surface area contributed by atoms with Gasteiger partial charge < -0.3 is 14.7 Å². The highest BCUT2D eigenvalue weighted by molar-refractivity contribution is 7.18. The first-order valence-corrected chi connectivity index (χ1v) is 12.4. The molecule has 0 saturated carbocycles. The molecule has 0 spiro atoms. The van der Waals surface area contributed by atoms with Crippen LogP contribution >= 0.6 is 11.3 Å². The number of carbonyl (C=O) groups excluding carboxylic acids is 2. The molecule has 1 atom stereocenters. The van der Waals surface area contributed by atoms with Crippen molar-refractivity contribution >= 4 is 44.7 Å². The number of ether oxygens (including phenoxy) is 1. The summed E-state index contributed by atoms with van der Waals surface area (Å²) >= 11 is 1.66. The predicted molar refractivity (Wildman–Crippen MR) is 133 cm³/mol. The van der Waals surface area contributed by atoms with Crippen LogP contribution in [0.25, 0.3) is 10.2 Å². The van der Waals surface area contributed by atoms with E-state index in [1.54, 1.807) is 11.3 Å². The molecule has 1 N–H and O–H groups in total. The zero-order valence-electron chi connectivity index (χ0n) is 19.1. The molecule has 2 aliphatic rings. The van der Waals surface area contributed by atoms with E-state index in [-0.39, 0.29) is 31.3 Å². The number of rotatable bonds is 7. The molecule has 0 radical (unpaired) electrons. The number of hydrogen-bond donors (Lipinski definition) is 1. The van der Waals surface area contributed by atoms with Crippen molar-refractivity contribution < 1.29 is 19.4 Å². The SMILES string of the molecule is Cc1nc2cc(OC[C@H](O)CN3CCN(c4cccc(N5C(=O)CCC5=O)c4)CC3)ccc2s1. The van der Waals surface area contributed by atoms with E-state index in [0.29, 0.717) is 12.2 Å². The molecule has 9 heteroatoms. The number of benzene rings is 2. The highest BCUT2D eigenvalue weighted by Gasteiger charge is 2.30. The summed E-state index contributed by atoms with van der Waals surface area (Å²) < 4.78 is 6.95. The number of imide groups is 1. The fourth-order valence-electron chi connectivity index (χ4n) is 4.54. The summed E-state index contributed by atoms with van der Waals surface area (Å²) in [6.45, 7) is 6.00. The van der Waals surface area contributed by atoms with E-state index in [1.807, 2.05) is 49.4 Å². The Morgan fingerprint density at radius 1 is 1.03 bits per heavy atom. The monoisotopic (exact) mass is 480 g/mol. The normalized spacial score (nSPS) is 18.2. The van der Waals surface area contributed by atoms with Gasteiger partial charge >= 0.3 is 0 Å². The van der Waals surface area contributed by atoms with Gasteiger partial charge in [0.05, 0.1) is 20.9 Å². The molecule has 2 aliphatic heterocycles. The van der Waals surface area contributed by atoms with E-state index in [2.05, 4.69) is 14.8 Å². The number of aromatic nitrogens is 1. The molecular weight excluding hydrogens is 452 g/mol. The molecule has 2 aromatic carbocycles. The van der Waals surface area contributed by atoms with Crippen LogP contribution in [0.2, 0.25) is 0 Å². The highest BCUT2D eigenvalue weighted by Crippen LogP contribution is 2.28. The first-order chi connectivity index (χ1) is 16.5. The van der Waals surface area contributed by atoms with E-state index in [4.69, 9.17) is 4.74 Å². The molecule has 2 amide bonds. The minimum Gasteiger partial charge on any atom is -0.491 e. The second-order valence-electron chi connectivity index (χ2n) is 8.76. The number of carbonyl (C=O) groups is 2. The quantitative estimate of drug-likeness (QED) is 0.521. The summed E-state index contributed by atoms with van der Waals surface area (Å²) in [6.07, 6.45) is -0.0187. The molecule has 1 aromatic heterocycles. The third-order valence-corrected chi connectivity index (χ3v) is 7.21. The lowest BCUT2D eigenvalue weighted by Gasteiger charge is -2.37. The Morgan fingerprint density at radius 2 is 1.76 bits per heavy atom. The number of piperazine rings is 1. The molecule has 2 saturated heterocycles. The zero-order chi connectivity index (χ0) is 23.7. The molecule has 0 aliphatic carbocycles. The van der Waals surface area contributed by atoms with Gasteiger partial charge in [-0.2, -0.15) is 0 Å². The van der Waals surface area contributed by atoms with Crippen LogP contribution < -0.4 is 14.5 Å². The van der Waals surface area contributed by atoms with E-state index in [0.717, 1.165) is 52.8 Å². The average molecular weight is 481 g/mol. The maximum Gasteiger partial charge on any atom is 0.234 e. The molecule has 0 bridgehead atoms. The molecule has 5 rings (SSSR count). The first-order valence-electron chi connectivity index (χ1n) is 11.6. The second kappa shape index (κ2) is 9.69. The third kappa shape index (κ3) is 4.91. The maximum absolute atomic E-state index is 12.1. The predicted octanol–water partition coefficient (Wildman–Crippen LogP) is 2.82. The van der Waals surface area contributed by atoms with Crippen molar-refractivity contribution in [2.45, 2.75) is 25.9 Å². The molecular formula is C25H28N4O4S. The number of aliphatic hydroxyl groups is 1. The van der Waals surface area contributed by atoms with Crippen molar-refractivity contribution in [1.29, 1.82) is 0 Å². The molecule has 34 heavy (non-hydrogen) atoms. The summed E-state index contributed by atoms with van der Waals surface area (Å²) in [7, 11) is 0. The lowest BCUT2D eigenvalue weighted by molar-refractivity contribution is -0.121. The van der Waals surface area contributed by atoms with Gasteiger partial charge in [-0.25, -0.2) is 4.98 Å². The maximum atomic E-state index is 12.1. The standard InChI is InChI=1S/C25H28N4O4S/c1-17-26-22-14-21(5-6-23(22)34-17)33-16-20(30)15-27-9-11-28(12-10-27)18-3-2-4-19(13-18)29-24(31)7-8-25(29)32/h2-6,13-14,20,30H,7-12,15-16H2,1H3/t20-/m1/s1. The lowest BCUT2D eigenvalue weighted by Crippen LogP contribution is -2.49. The van der Waals surface area contributed by atoms with Gasteiger partial charge in [0.1, 0.15) is 18.5 Å². The Balaban J connectivity index is 1.11. The van der Waals surface area contributed by atoms with E-state index in [9.17, 15) is 14.7 Å². The number of anilines is 2. The van der Waals surface area contributed by atoms with Crippen LogP contribution in [0.5, 0.6) is 5.75 Å². The van der Waals surface area contributed by atoms with Crippen molar-refractivity contribution in [2.75, 3.05) is 49.1 Å². The Kier molecular flexibility index (Phi) is 6.49. The topological polar surface area (TPSA) is 86.2 Å². The summed E-state index contributed by atoms with van der Waals surface area (Å²) in [5.74, 6) is 0.450. The van der Waals surface area contributed by atoms with Crippen molar-refractivity contribution in [1.82, 2.24) is 9.88 Å². The number of aliphatic hydroxyl groups excluding tert-OH is 1. The van der Waals surface area contributed by atoms with Gasteiger partial charge in [-0.15, -0.1) is 11.3 Å². The Hall–Kier alpha value is -3.01. The number of nitrogens with zero attached hydrogens (tertiary/aromatic N) is 4. The van der Waals surface area contributed by atoms with Crippen molar-refractivity contribution in [3.05, 3.63) is 47.5 Å². The lowest BCUT2D eigenvalue weighted by atomic mass is 10.2. The Morgan fingerprint density at radius 3 is 2.53 bits per heavy atom. The van der Waals surface area contributed by atoms with Gasteiger partial charge in [-0.1, -0.05) is 6.07 Å². The van der Waals surface area contributed by atoms with Gasteiger partial charge in [-0.05, 0) is 37.3 Å². The largest absolute Gasteiger partial charge is 0.491 e. The third-order valence-electron chi connectivity index (χ3n) is 6.25. The molecule has 2 fully saturated rings. The number of thiazole rings is 1. The van der Waals surface area contributed by atoms with Crippen molar-refractivity contribution in [2.24, 2.45) is 0 Å². The van der Waals surface area contributed by atoms with Crippen LogP contribution in [0.1, 0.15) is 17.8 Å². The zero-order valence-corrected chi connectivity index (χ0v) is 20.0. The number of amides is 2. The molecule has 0 unspecified atom stereocenters. The van der Waals surface area contributed by atoms with Gasteiger partial charge in [0.2, 0.25) is 11.8 Å². The minimum absolute atomic E-state index is 0.134. The first kappa shape index (κ1) is 22.8. The molecule has 3 heterocycles. The van der Waals surface area contributed by atoms with E-state index in [1.165, 1.54) is 4.90 Å². The van der Waals surface area contributed by atoms with Gasteiger partial charge in [-0.3, -0.25) is 19.4 Å². The Bertz CT molecular complexity index is 1190. The second-order valence-corrected chi connectivity index (χ2v) is 9.99. The molecule has 3 aromatic rings. The van der Waals surface area contributed by atoms with E-state index < -0.39 is 6.10 Å². The number of aryl methyl sites for hydroxylation is 1. The number of fused-ring (bicyclic) bond motifs is 1. The van der Waals surface area contributed by atoms with Crippen LogP contribution in [0.3, 0.4) is 0 Å². The highest BCUT2D eigenvalue weighted by atomic mass is 32.1. The average Bonchev–Trinajstić information content (AvgIpc) is 3.38. The minimum atomic E-state index is -0.588. The summed E-state index contributed by atoms with van der Waals surface area (Å²) in [5.41, 5.74) is 2.57. The van der Waals surface area contributed by atoms with Crippen LogP contribution in [0.4, 0.5) is 11.4 Å². The van der Waals surface area contributed by atoms with Gasteiger partial charge in [0, 0.05) is 57.3 Å². The Labute approximate surface area is 202 Å². The fourth-order valence-corrected chi connectivity index (χ4v) is 5.34. The van der Waals surface area contributed by atoms with Gasteiger partial charge in [0.25, 0.3) is 0 Å². The molecule has 8 nitrogen and oxygen atoms in total. The van der Waals surface area contributed by atoms with Crippen LogP contribution in [-0.2, 0) is 9.59 Å². The number of hydrogen-bond acceptors (Lipinski definition) is 8. The van der Waals surface area contributed by atoms with Crippen LogP contribution in [0.15, 0.2) is 42.5 Å². The fraction of sp³-hybridized carbons (Fsp3) is 0.400. The van der Waals surface area contributed by atoms with E-state index >= 15 is 0 Å². The summed E-state index contributed by atoms with van der Waals surface area (Å²) in [4.78, 5) is 34.4. The number of β-amino-alcohol motifs (C(OH)–C–C–N with tert-alkyl or cyclic N) is 1. The summed E-state index contributed by atoms with van der Waals surface area (Å²) in [5, 5.41) is 11.5. The van der Waals surface area contributed by atoms with Crippen molar-refractivity contribution in [3.8, 4) is 5.75 Å². The van der Waals surface area contributed by atoms with Crippen LogP contribution in [0, 0.1) is 6.92 Å². The smallest absolute Gasteiger partial charge is 0.234 e. The van der Waals surface area contributed by atoms with Gasteiger partial charge in [0.15, 0.2) is 0 Å². The van der Waals surface area contributed by atoms with Crippen LogP contribution in [-0.4, -0.2) is 72.2 Å². The molecule has 178 valence electrons. The van der Waals surface area contributed by atoms with Crippen molar-refractivity contribution in [3.63, 3.8) is 0 Å².